The first-order valence-corrected chi connectivity index (χ1v) is 5.54. The van der Waals surface area contributed by atoms with Crippen LogP contribution in [-0.2, 0) is 18.9 Å². The van der Waals surface area contributed by atoms with Crippen molar-refractivity contribution in [2.24, 2.45) is 0 Å². The summed E-state index contributed by atoms with van der Waals surface area (Å²) in [5.74, 6) is 0. The molecule has 0 spiro atoms. The van der Waals surface area contributed by atoms with E-state index in [-0.39, 0.29) is 0 Å². The Morgan fingerprint density at radius 3 is 1.79 bits per heavy atom. The summed E-state index contributed by atoms with van der Waals surface area (Å²) in [4.78, 5) is 3.78. The molecule has 0 amide bonds. The first kappa shape index (κ1) is 11.1. The normalized spacial score (nSPS) is 8.79. The summed E-state index contributed by atoms with van der Waals surface area (Å²) in [6.45, 7) is 2.10. The SMILES string of the molecule is Cc1cc[c]([Ir])cc1.c1ccncc1. The summed E-state index contributed by atoms with van der Waals surface area (Å²) < 4.78 is 1.33. The van der Waals surface area contributed by atoms with Gasteiger partial charge in [-0.1, -0.05) is 6.07 Å². The van der Waals surface area contributed by atoms with Crippen LogP contribution in [0.25, 0.3) is 0 Å². The molecule has 0 unspecified atom stereocenters. The number of nitrogens with zero attached hydrogens (tertiary/aromatic N) is 1. The maximum atomic E-state index is 3.78. The largest absolute Gasteiger partial charge is 0.265 e. The molecule has 14 heavy (non-hydrogen) atoms. The van der Waals surface area contributed by atoms with Crippen LogP contribution < -0.4 is 4.08 Å². The van der Waals surface area contributed by atoms with Gasteiger partial charge in [0.2, 0.25) is 0 Å². The summed E-state index contributed by atoms with van der Waals surface area (Å²) >= 11 is 2.10. The van der Waals surface area contributed by atoms with Crippen molar-refractivity contribution in [1.82, 2.24) is 4.98 Å². The molecule has 0 aliphatic heterocycles. The van der Waals surface area contributed by atoms with Crippen LogP contribution >= 0.6 is 0 Å². The first-order chi connectivity index (χ1) is 6.79. The Morgan fingerprint density at radius 1 is 0.929 bits per heavy atom. The molecule has 0 fully saturated rings. The van der Waals surface area contributed by atoms with E-state index in [4.69, 9.17) is 0 Å². The van der Waals surface area contributed by atoms with Gasteiger partial charge in [0.1, 0.15) is 0 Å². The van der Waals surface area contributed by atoms with E-state index in [0.29, 0.717) is 0 Å². The summed E-state index contributed by atoms with van der Waals surface area (Å²) in [5.41, 5.74) is 1.33. The van der Waals surface area contributed by atoms with E-state index in [0.717, 1.165) is 0 Å². The van der Waals surface area contributed by atoms with Gasteiger partial charge < -0.3 is 0 Å². The summed E-state index contributed by atoms with van der Waals surface area (Å²) in [5, 5.41) is 0. The zero-order valence-corrected chi connectivity index (χ0v) is 10.4. The molecule has 74 valence electrons. The molecule has 1 aromatic carbocycles. The van der Waals surface area contributed by atoms with Crippen LogP contribution in [0.15, 0.2) is 54.9 Å². The molecule has 2 aromatic rings. The topological polar surface area (TPSA) is 12.9 Å². The van der Waals surface area contributed by atoms with Crippen LogP contribution in [0.3, 0.4) is 0 Å². The second-order valence-corrected chi connectivity index (χ2v) is 4.18. The molecule has 0 aliphatic carbocycles. The van der Waals surface area contributed by atoms with E-state index in [9.17, 15) is 0 Å². The number of aryl methyl sites for hydroxylation is 1. The van der Waals surface area contributed by atoms with Gasteiger partial charge in [-0.05, 0) is 12.1 Å². The van der Waals surface area contributed by atoms with Crippen molar-refractivity contribution in [2.45, 2.75) is 6.92 Å². The Hall–Kier alpha value is -0.981. The molecule has 1 aromatic heterocycles. The second-order valence-electron chi connectivity index (χ2n) is 2.79. The van der Waals surface area contributed by atoms with Crippen molar-refractivity contribution in [3.05, 3.63) is 60.4 Å². The third-order valence-electron chi connectivity index (χ3n) is 1.56. The quantitative estimate of drug-likeness (QED) is 0.701. The first-order valence-electron chi connectivity index (χ1n) is 4.34. The smallest absolute Gasteiger partial charge is 0.0267 e. The summed E-state index contributed by atoms with van der Waals surface area (Å²) in [6, 6.07) is 14.2. The van der Waals surface area contributed by atoms with Crippen molar-refractivity contribution in [1.29, 1.82) is 0 Å². The summed E-state index contributed by atoms with van der Waals surface area (Å²) in [6.07, 6.45) is 3.50. The Bertz CT molecular complexity index is 295. The average Bonchev–Trinajstić information content (AvgIpc) is 2.26. The van der Waals surface area contributed by atoms with Crippen molar-refractivity contribution >= 4 is 4.08 Å². The van der Waals surface area contributed by atoms with Gasteiger partial charge in [0.15, 0.2) is 0 Å². The molecule has 1 heterocycles. The zero-order chi connectivity index (χ0) is 10.2. The third-order valence-corrected chi connectivity index (χ3v) is 2.36. The van der Waals surface area contributed by atoms with Crippen LogP contribution in [0.4, 0.5) is 0 Å². The average molecular weight is 362 g/mol. The van der Waals surface area contributed by atoms with Crippen molar-refractivity contribution in [3.8, 4) is 0 Å². The number of pyridine rings is 1. The molecule has 2 rings (SSSR count). The molecular weight excluding hydrogens is 350 g/mol. The Morgan fingerprint density at radius 2 is 1.50 bits per heavy atom. The fourth-order valence-corrected chi connectivity index (χ4v) is 1.24. The molecule has 0 aliphatic rings. The predicted octanol–water partition coefficient (Wildman–Crippen LogP) is 2.25. The van der Waals surface area contributed by atoms with E-state index >= 15 is 0 Å². The van der Waals surface area contributed by atoms with E-state index in [2.05, 4.69) is 55.1 Å². The van der Waals surface area contributed by atoms with Gasteiger partial charge in [0.25, 0.3) is 0 Å². The fraction of sp³-hybridized carbons (Fsp3) is 0.0833. The second kappa shape index (κ2) is 6.47. The van der Waals surface area contributed by atoms with E-state index < -0.39 is 0 Å². The maximum absolute atomic E-state index is 3.78. The standard InChI is InChI=1S/C7H7.C5H5N.Ir/c1-7-5-3-2-4-6-7;1-2-4-6-5-3-1;/h3-6H,1H3;1-5H;. The van der Waals surface area contributed by atoms with Crippen LogP contribution in [0.5, 0.6) is 0 Å². The Kier molecular flexibility index (Phi) is 5.13. The number of aromatic nitrogens is 1. The Balaban J connectivity index is 0.000000146. The fourth-order valence-electron chi connectivity index (χ4n) is 0.838. The third kappa shape index (κ3) is 4.90. The van der Waals surface area contributed by atoms with Crippen molar-refractivity contribution in [2.75, 3.05) is 0 Å². The minimum absolute atomic E-state index is 1.33. The van der Waals surface area contributed by atoms with Crippen LogP contribution in [0.2, 0.25) is 0 Å². The number of hydrogen-bond donors (Lipinski definition) is 0. The van der Waals surface area contributed by atoms with Gasteiger partial charge in [-0.3, -0.25) is 4.98 Å². The number of hydrogen-bond acceptors (Lipinski definition) is 1. The van der Waals surface area contributed by atoms with Crippen LogP contribution in [-0.4, -0.2) is 4.98 Å². The van der Waals surface area contributed by atoms with Crippen molar-refractivity contribution < 1.29 is 18.9 Å². The van der Waals surface area contributed by atoms with Gasteiger partial charge in [-0.25, -0.2) is 0 Å². The number of benzene rings is 1. The van der Waals surface area contributed by atoms with Crippen LogP contribution in [0.1, 0.15) is 5.56 Å². The van der Waals surface area contributed by atoms with Crippen LogP contribution in [0, 0.1) is 6.92 Å². The molecule has 0 atom stereocenters. The Labute approximate surface area is 95.4 Å². The van der Waals surface area contributed by atoms with Gasteiger partial charge >= 0.3 is 59.7 Å². The van der Waals surface area contributed by atoms with Crippen molar-refractivity contribution in [3.63, 3.8) is 0 Å². The molecule has 1 nitrogen and oxygen atoms in total. The molecule has 2 heteroatoms. The van der Waals surface area contributed by atoms with Gasteiger partial charge in [0.05, 0.1) is 0 Å². The van der Waals surface area contributed by atoms with E-state index in [1.54, 1.807) is 12.4 Å². The minimum atomic E-state index is 1.33. The molecule has 0 N–H and O–H groups in total. The molecule has 0 saturated heterocycles. The van der Waals surface area contributed by atoms with Gasteiger partial charge in [-0.15, -0.1) is 0 Å². The molecule has 0 saturated carbocycles. The zero-order valence-electron chi connectivity index (χ0n) is 7.98. The van der Waals surface area contributed by atoms with Gasteiger partial charge in [-0.2, -0.15) is 0 Å². The van der Waals surface area contributed by atoms with E-state index in [1.807, 2.05) is 18.2 Å². The van der Waals surface area contributed by atoms with Gasteiger partial charge in [0, 0.05) is 12.4 Å². The summed E-state index contributed by atoms with van der Waals surface area (Å²) in [7, 11) is 0. The molecule has 0 radical (unpaired) electrons. The molecule has 0 bridgehead atoms. The predicted molar refractivity (Wildman–Crippen MR) is 55.1 cm³/mol. The van der Waals surface area contributed by atoms with E-state index in [1.165, 1.54) is 9.64 Å². The monoisotopic (exact) mass is 363 g/mol. The molecular formula is C12H12IrN. The minimum Gasteiger partial charge on any atom is -0.265 e. The number of rotatable bonds is 0. The maximum Gasteiger partial charge on any atom is 0.0267 e.